The zero-order valence-corrected chi connectivity index (χ0v) is 20.6. The molecule has 3 aliphatic rings. The third-order valence-electron chi connectivity index (χ3n) is 6.81. The molecule has 0 saturated carbocycles. The number of morpholine rings is 1. The summed E-state index contributed by atoms with van der Waals surface area (Å²) in [6, 6.07) is 4.91. The molecule has 4 atom stereocenters. The number of anilines is 1. The minimum absolute atomic E-state index is 0.0525. The maximum Gasteiger partial charge on any atom is 0.322 e. The van der Waals surface area contributed by atoms with Gasteiger partial charge in [0.1, 0.15) is 11.9 Å². The lowest BCUT2D eigenvalue weighted by Gasteiger charge is -2.44. The van der Waals surface area contributed by atoms with E-state index in [-0.39, 0.29) is 44.2 Å². The van der Waals surface area contributed by atoms with Crippen LogP contribution in [0.2, 0.25) is 0 Å². The van der Waals surface area contributed by atoms with Crippen molar-refractivity contribution >= 4 is 17.6 Å². The average Bonchev–Trinajstić information content (AvgIpc) is 2.85. The molecule has 0 unspecified atom stereocenters. The Morgan fingerprint density at radius 1 is 1.14 bits per heavy atom. The zero-order chi connectivity index (χ0) is 25.3. The van der Waals surface area contributed by atoms with Gasteiger partial charge in [0.15, 0.2) is 0 Å². The highest BCUT2D eigenvalue weighted by atomic mass is 19.1. The van der Waals surface area contributed by atoms with Crippen LogP contribution in [0.5, 0.6) is 0 Å². The second kappa shape index (κ2) is 13.3. The molecule has 1 aromatic carbocycles. The van der Waals surface area contributed by atoms with Crippen molar-refractivity contribution in [1.29, 1.82) is 0 Å². The first-order valence-corrected chi connectivity index (χ1v) is 12.8. The van der Waals surface area contributed by atoms with E-state index in [0.29, 0.717) is 25.1 Å². The van der Waals surface area contributed by atoms with Gasteiger partial charge in [-0.2, -0.15) is 0 Å². The van der Waals surface area contributed by atoms with Gasteiger partial charge in [0.2, 0.25) is 5.91 Å². The second-order valence-corrected chi connectivity index (χ2v) is 9.59. The minimum atomic E-state index is -0.842. The number of hydrogen-bond acceptors (Lipinski definition) is 7. The van der Waals surface area contributed by atoms with Gasteiger partial charge >= 0.3 is 6.03 Å². The van der Waals surface area contributed by atoms with E-state index in [9.17, 15) is 19.1 Å². The molecule has 36 heavy (non-hydrogen) atoms. The first-order valence-electron chi connectivity index (χ1n) is 12.8. The standard InChI is InChI=1S/C25H37FN4O6/c26-18-3-1-4-19(13-18)28-25(33)30-15-20(31)16-35-17-23-22(30)6-5-21(36-23)14-24(32)27-7-2-8-29-9-11-34-12-10-29/h1,3-4,13,20-23,31H,2,5-12,14-17H2,(H,27,32)(H,28,33)/t20-,21-,22+,23-/m1/s1. The van der Waals surface area contributed by atoms with E-state index < -0.39 is 24.1 Å². The van der Waals surface area contributed by atoms with Gasteiger partial charge in [0.05, 0.1) is 57.6 Å². The van der Waals surface area contributed by atoms with Gasteiger partial charge < -0.3 is 34.9 Å². The fourth-order valence-electron chi connectivity index (χ4n) is 4.97. The minimum Gasteiger partial charge on any atom is -0.389 e. The molecule has 0 spiro atoms. The molecule has 200 valence electrons. The number of fused-ring (bicyclic) bond motifs is 1. The maximum absolute atomic E-state index is 13.6. The number of aliphatic hydroxyl groups is 1. The van der Waals surface area contributed by atoms with Crippen molar-refractivity contribution in [2.24, 2.45) is 0 Å². The molecule has 3 saturated heterocycles. The SMILES string of the molecule is O=C(C[C@H]1CC[C@H]2[C@@H](COC[C@H](O)CN2C(=O)Nc2cccc(F)c2)O1)NCCCN1CCOCC1. The molecule has 3 heterocycles. The lowest BCUT2D eigenvalue weighted by molar-refractivity contribution is -0.149. The monoisotopic (exact) mass is 508 g/mol. The zero-order valence-electron chi connectivity index (χ0n) is 20.6. The largest absolute Gasteiger partial charge is 0.389 e. The van der Waals surface area contributed by atoms with Crippen molar-refractivity contribution in [2.45, 2.75) is 50.0 Å². The predicted molar refractivity (Wildman–Crippen MR) is 130 cm³/mol. The number of nitrogens with one attached hydrogen (secondary N) is 2. The Labute approximate surface area is 211 Å². The number of benzene rings is 1. The molecule has 3 fully saturated rings. The van der Waals surface area contributed by atoms with Crippen LogP contribution in [-0.4, -0.2) is 110 Å². The highest BCUT2D eigenvalue weighted by Gasteiger charge is 2.40. The van der Waals surface area contributed by atoms with Crippen molar-refractivity contribution in [3.8, 4) is 0 Å². The van der Waals surface area contributed by atoms with Gasteiger partial charge in [0, 0.05) is 25.3 Å². The van der Waals surface area contributed by atoms with Crippen LogP contribution in [0, 0.1) is 5.82 Å². The highest BCUT2D eigenvalue weighted by Crippen LogP contribution is 2.28. The number of carbonyl (C=O) groups is 2. The topological polar surface area (TPSA) is 113 Å². The number of nitrogens with zero attached hydrogens (tertiary/aromatic N) is 2. The molecule has 0 aliphatic carbocycles. The smallest absolute Gasteiger partial charge is 0.322 e. The molecule has 10 nitrogen and oxygen atoms in total. The van der Waals surface area contributed by atoms with Gasteiger partial charge in [-0.05, 0) is 44.0 Å². The number of hydrogen-bond donors (Lipinski definition) is 3. The van der Waals surface area contributed by atoms with E-state index in [1.165, 1.54) is 18.2 Å². The van der Waals surface area contributed by atoms with Crippen LogP contribution in [0.15, 0.2) is 24.3 Å². The van der Waals surface area contributed by atoms with E-state index in [1.54, 1.807) is 11.0 Å². The number of halogens is 1. The third-order valence-corrected chi connectivity index (χ3v) is 6.81. The summed E-state index contributed by atoms with van der Waals surface area (Å²) in [7, 11) is 0. The Kier molecular flexibility index (Phi) is 9.88. The average molecular weight is 509 g/mol. The fourth-order valence-corrected chi connectivity index (χ4v) is 4.97. The third kappa shape index (κ3) is 7.84. The van der Waals surface area contributed by atoms with Gasteiger partial charge in [-0.25, -0.2) is 9.18 Å². The molecular formula is C25H37FN4O6. The number of rotatable bonds is 7. The normalized spacial score (nSPS) is 27.4. The second-order valence-electron chi connectivity index (χ2n) is 9.59. The number of β-amino-alcohol motifs (C(OH)–C–C–N with tert-alkyl or cyclic N) is 1. The molecule has 3 aliphatic heterocycles. The predicted octanol–water partition coefficient (Wildman–Crippen LogP) is 1.20. The van der Waals surface area contributed by atoms with E-state index in [2.05, 4.69) is 15.5 Å². The Balaban J connectivity index is 1.27. The summed E-state index contributed by atoms with van der Waals surface area (Å²) in [5.41, 5.74) is 0.337. The number of aliphatic hydroxyl groups excluding tert-OH is 1. The van der Waals surface area contributed by atoms with Crippen molar-refractivity contribution in [3.63, 3.8) is 0 Å². The molecule has 0 radical (unpaired) electrons. The lowest BCUT2D eigenvalue weighted by Crippen LogP contribution is -2.58. The number of ether oxygens (including phenoxy) is 3. The van der Waals surface area contributed by atoms with Crippen molar-refractivity contribution in [1.82, 2.24) is 15.1 Å². The summed E-state index contributed by atoms with van der Waals surface area (Å²) in [5, 5.41) is 16.0. The number of amides is 3. The summed E-state index contributed by atoms with van der Waals surface area (Å²) >= 11 is 0. The first-order chi connectivity index (χ1) is 17.5. The van der Waals surface area contributed by atoms with Crippen molar-refractivity contribution in [2.75, 3.05) is 64.5 Å². The van der Waals surface area contributed by atoms with Gasteiger partial charge in [-0.15, -0.1) is 0 Å². The summed E-state index contributed by atoms with van der Waals surface area (Å²) in [6.45, 7) is 5.30. The van der Waals surface area contributed by atoms with Crippen LogP contribution in [0.4, 0.5) is 14.9 Å². The molecular weight excluding hydrogens is 471 g/mol. The van der Waals surface area contributed by atoms with Crippen LogP contribution in [0.3, 0.4) is 0 Å². The van der Waals surface area contributed by atoms with E-state index in [4.69, 9.17) is 14.2 Å². The van der Waals surface area contributed by atoms with Crippen molar-refractivity contribution < 1.29 is 33.3 Å². The molecule has 11 heteroatoms. The van der Waals surface area contributed by atoms with Gasteiger partial charge in [-0.3, -0.25) is 9.69 Å². The first kappa shape index (κ1) is 26.7. The Morgan fingerprint density at radius 2 is 1.97 bits per heavy atom. The lowest BCUT2D eigenvalue weighted by atomic mass is 9.95. The molecule has 3 N–H and O–H groups in total. The Morgan fingerprint density at radius 3 is 2.78 bits per heavy atom. The molecule has 4 rings (SSSR count). The van der Waals surface area contributed by atoms with Crippen LogP contribution in [0.25, 0.3) is 0 Å². The van der Waals surface area contributed by atoms with E-state index in [1.807, 2.05) is 0 Å². The highest BCUT2D eigenvalue weighted by molar-refractivity contribution is 5.89. The van der Waals surface area contributed by atoms with Crippen LogP contribution >= 0.6 is 0 Å². The molecule has 1 aromatic rings. The van der Waals surface area contributed by atoms with E-state index >= 15 is 0 Å². The maximum atomic E-state index is 13.6. The number of urea groups is 1. The van der Waals surface area contributed by atoms with E-state index in [0.717, 1.165) is 39.3 Å². The fraction of sp³-hybridized carbons (Fsp3) is 0.680. The van der Waals surface area contributed by atoms with Crippen molar-refractivity contribution in [3.05, 3.63) is 30.1 Å². The molecule has 0 bridgehead atoms. The van der Waals surface area contributed by atoms with Crippen LogP contribution in [0.1, 0.15) is 25.7 Å². The van der Waals surface area contributed by atoms with Crippen LogP contribution in [-0.2, 0) is 19.0 Å². The molecule has 0 aromatic heterocycles. The summed E-state index contributed by atoms with van der Waals surface area (Å²) in [5.74, 6) is -0.502. The Bertz CT molecular complexity index is 871. The summed E-state index contributed by atoms with van der Waals surface area (Å²) < 4.78 is 30.7. The van der Waals surface area contributed by atoms with Crippen LogP contribution < -0.4 is 10.6 Å². The van der Waals surface area contributed by atoms with Gasteiger partial charge in [0.25, 0.3) is 0 Å². The summed E-state index contributed by atoms with van der Waals surface area (Å²) in [6.07, 6.45) is 0.793. The Hall–Kier alpha value is -2.31. The summed E-state index contributed by atoms with van der Waals surface area (Å²) in [4.78, 5) is 29.5. The quantitative estimate of drug-likeness (QED) is 0.475. The number of carbonyl (C=O) groups excluding carboxylic acids is 2. The van der Waals surface area contributed by atoms with Gasteiger partial charge in [-0.1, -0.05) is 6.07 Å². The molecule has 3 amide bonds.